The van der Waals surface area contributed by atoms with Gasteiger partial charge in [0, 0.05) is 22.4 Å². The molecular formula is C18H21Cl3N3O3+. The number of benzene rings is 1. The third-order valence-electron chi connectivity index (χ3n) is 4.03. The maximum atomic E-state index is 11.8. The Morgan fingerprint density at radius 1 is 1.22 bits per heavy atom. The van der Waals surface area contributed by atoms with Gasteiger partial charge in [-0.15, -0.1) is 11.6 Å². The molecule has 2 rings (SSSR count). The molecule has 146 valence electrons. The lowest BCUT2D eigenvalue weighted by molar-refractivity contribution is -0.794. The number of nitrogens with one attached hydrogen (secondary N) is 1. The van der Waals surface area contributed by atoms with Crippen LogP contribution in [-0.4, -0.2) is 42.5 Å². The zero-order valence-corrected chi connectivity index (χ0v) is 17.5. The molecule has 1 unspecified atom stereocenters. The SMILES string of the molecule is CC(C)C1=C(Cc2cc(Cl)cc(Cl)c2)[N+](C)(COC(=O)NC(=O)CCl)C=N1. The molecule has 0 aliphatic carbocycles. The van der Waals surface area contributed by atoms with E-state index in [-0.39, 0.29) is 23.0 Å². The van der Waals surface area contributed by atoms with Crippen LogP contribution in [0.4, 0.5) is 4.79 Å². The fraction of sp³-hybridized carbons (Fsp3) is 0.389. The number of halogens is 3. The normalized spacial score (nSPS) is 18.9. The van der Waals surface area contributed by atoms with E-state index in [1.165, 1.54) is 0 Å². The summed E-state index contributed by atoms with van der Waals surface area (Å²) in [5, 5.41) is 3.14. The van der Waals surface area contributed by atoms with Gasteiger partial charge in [0.1, 0.15) is 17.3 Å². The van der Waals surface area contributed by atoms with Gasteiger partial charge < -0.3 is 4.74 Å². The number of likely N-dealkylation sites (N-methyl/N-ethyl adjacent to an activating group) is 1. The van der Waals surface area contributed by atoms with Crippen molar-refractivity contribution in [3.8, 4) is 0 Å². The Morgan fingerprint density at radius 3 is 2.41 bits per heavy atom. The number of nitrogens with zero attached hydrogens (tertiary/aromatic N) is 2. The highest BCUT2D eigenvalue weighted by atomic mass is 35.5. The quantitative estimate of drug-likeness (QED) is 0.536. The van der Waals surface area contributed by atoms with E-state index < -0.39 is 12.0 Å². The minimum Gasteiger partial charge on any atom is -0.398 e. The third kappa shape index (κ3) is 5.69. The number of carbonyl (C=O) groups excluding carboxylic acids is 2. The number of ether oxygens (including phenoxy) is 1. The van der Waals surface area contributed by atoms with E-state index in [2.05, 4.69) is 4.99 Å². The minimum absolute atomic E-state index is 0.0231. The number of hydrogen-bond donors (Lipinski definition) is 1. The molecular weight excluding hydrogens is 413 g/mol. The molecule has 2 amide bonds. The largest absolute Gasteiger partial charge is 0.418 e. The molecule has 6 nitrogen and oxygen atoms in total. The van der Waals surface area contributed by atoms with Gasteiger partial charge in [0.2, 0.25) is 12.6 Å². The van der Waals surface area contributed by atoms with Gasteiger partial charge in [-0.25, -0.2) is 14.3 Å². The predicted molar refractivity (Wildman–Crippen MR) is 107 cm³/mol. The second-order valence-corrected chi connectivity index (χ2v) is 7.84. The van der Waals surface area contributed by atoms with Crippen molar-refractivity contribution < 1.29 is 18.8 Å². The Balaban J connectivity index is 2.22. The van der Waals surface area contributed by atoms with Gasteiger partial charge in [-0.2, -0.15) is 0 Å². The molecule has 0 saturated heterocycles. The van der Waals surface area contributed by atoms with Gasteiger partial charge in [0.25, 0.3) is 0 Å². The van der Waals surface area contributed by atoms with Crippen LogP contribution >= 0.6 is 34.8 Å². The van der Waals surface area contributed by atoms with E-state index in [4.69, 9.17) is 39.5 Å². The molecule has 1 aliphatic heterocycles. The van der Waals surface area contributed by atoms with Gasteiger partial charge in [-0.05, 0) is 23.8 Å². The molecule has 0 spiro atoms. The lowest BCUT2D eigenvalue weighted by Crippen LogP contribution is -2.45. The molecule has 1 aromatic carbocycles. The Hall–Kier alpha value is -1.60. The summed E-state index contributed by atoms with van der Waals surface area (Å²) in [5.74, 6) is -0.759. The summed E-state index contributed by atoms with van der Waals surface area (Å²) in [6.45, 7) is 4.06. The highest BCUT2D eigenvalue weighted by Crippen LogP contribution is 2.32. The fourth-order valence-electron chi connectivity index (χ4n) is 2.74. The lowest BCUT2D eigenvalue weighted by atomic mass is 10.0. The molecule has 1 atom stereocenters. The Bertz CT molecular complexity index is 788. The maximum Gasteiger partial charge on any atom is 0.418 e. The number of carbonyl (C=O) groups is 2. The van der Waals surface area contributed by atoms with Crippen molar-refractivity contribution in [3.63, 3.8) is 0 Å². The van der Waals surface area contributed by atoms with Gasteiger partial charge >= 0.3 is 6.09 Å². The molecule has 27 heavy (non-hydrogen) atoms. The molecule has 1 aliphatic rings. The molecule has 0 bridgehead atoms. The maximum absolute atomic E-state index is 11.8. The topological polar surface area (TPSA) is 67.8 Å². The number of quaternary nitrogens is 1. The highest BCUT2D eigenvalue weighted by Gasteiger charge is 2.37. The number of alkyl carbamates (subject to hydrolysis) is 1. The number of imide groups is 1. The first-order chi connectivity index (χ1) is 12.6. The number of alkyl halides is 1. The standard InChI is InChI=1S/C18H20Cl3N3O3/c1-11(2)17-15(6-12-4-13(20)7-14(21)5-12)24(3,9-22-17)10-27-18(26)23-16(25)8-19/h4-5,7,9,11H,6,8,10H2,1-3H3/p+1. The van der Waals surface area contributed by atoms with Crippen LogP contribution in [0, 0.1) is 5.92 Å². The molecule has 9 heteroatoms. The third-order valence-corrected chi connectivity index (χ3v) is 4.71. The van der Waals surface area contributed by atoms with Crippen LogP contribution < -0.4 is 5.32 Å². The van der Waals surface area contributed by atoms with Crippen molar-refractivity contribution in [2.75, 3.05) is 19.7 Å². The van der Waals surface area contributed by atoms with Crippen molar-refractivity contribution >= 4 is 53.1 Å². The highest BCUT2D eigenvalue weighted by molar-refractivity contribution is 6.34. The Kier molecular flexibility index (Phi) is 7.28. The summed E-state index contributed by atoms with van der Waals surface area (Å²) < 4.78 is 5.38. The molecule has 0 saturated carbocycles. The van der Waals surface area contributed by atoms with Crippen LogP contribution in [0.5, 0.6) is 0 Å². The second kappa shape index (κ2) is 9.06. The van der Waals surface area contributed by atoms with Gasteiger partial charge in [0.05, 0.1) is 7.05 Å². The zero-order chi connectivity index (χ0) is 20.2. The lowest BCUT2D eigenvalue weighted by Gasteiger charge is -2.28. The van der Waals surface area contributed by atoms with E-state index in [0.717, 1.165) is 17.0 Å². The van der Waals surface area contributed by atoms with E-state index in [9.17, 15) is 9.59 Å². The van der Waals surface area contributed by atoms with E-state index >= 15 is 0 Å². The number of allylic oxidation sites excluding steroid dienone is 2. The summed E-state index contributed by atoms with van der Waals surface area (Å²) in [7, 11) is 1.87. The molecule has 1 heterocycles. The smallest absolute Gasteiger partial charge is 0.398 e. The van der Waals surface area contributed by atoms with Crippen molar-refractivity contribution in [2.24, 2.45) is 10.9 Å². The number of amides is 2. The summed E-state index contributed by atoms with van der Waals surface area (Å²) in [5.41, 5.74) is 2.80. The van der Waals surface area contributed by atoms with E-state index in [1.807, 2.05) is 38.3 Å². The second-order valence-electron chi connectivity index (χ2n) is 6.70. The Labute approximate surface area is 173 Å². The van der Waals surface area contributed by atoms with Crippen molar-refractivity contribution in [1.82, 2.24) is 5.32 Å². The average molecular weight is 434 g/mol. The molecule has 0 aromatic heterocycles. The van der Waals surface area contributed by atoms with Crippen molar-refractivity contribution in [2.45, 2.75) is 20.3 Å². The monoisotopic (exact) mass is 432 g/mol. The van der Waals surface area contributed by atoms with Crippen LogP contribution in [0.15, 0.2) is 34.6 Å². The van der Waals surface area contributed by atoms with E-state index in [0.29, 0.717) is 16.5 Å². The van der Waals surface area contributed by atoms with Crippen LogP contribution in [0.3, 0.4) is 0 Å². The number of hydrogen-bond acceptors (Lipinski definition) is 4. The van der Waals surface area contributed by atoms with Crippen molar-refractivity contribution in [1.29, 1.82) is 0 Å². The summed E-state index contributed by atoms with van der Waals surface area (Å²) in [4.78, 5) is 27.5. The van der Waals surface area contributed by atoms with Gasteiger partial charge in [-0.3, -0.25) is 10.1 Å². The van der Waals surface area contributed by atoms with Crippen LogP contribution in [0.2, 0.25) is 10.0 Å². The fourth-order valence-corrected chi connectivity index (χ4v) is 3.38. The van der Waals surface area contributed by atoms with E-state index in [1.54, 1.807) is 12.4 Å². The molecule has 1 N–H and O–H groups in total. The zero-order valence-electron chi connectivity index (χ0n) is 15.3. The van der Waals surface area contributed by atoms with Crippen LogP contribution in [0.1, 0.15) is 19.4 Å². The Morgan fingerprint density at radius 2 is 1.85 bits per heavy atom. The van der Waals surface area contributed by atoms with Crippen LogP contribution in [-0.2, 0) is 16.0 Å². The van der Waals surface area contributed by atoms with Gasteiger partial charge in [-0.1, -0.05) is 37.0 Å². The minimum atomic E-state index is -0.850. The number of aliphatic imine (C=N–C) groups is 1. The van der Waals surface area contributed by atoms with Gasteiger partial charge in [0.15, 0.2) is 6.34 Å². The molecule has 0 radical (unpaired) electrons. The predicted octanol–water partition coefficient (Wildman–Crippen LogP) is 4.34. The summed E-state index contributed by atoms with van der Waals surface area (Å²) in [6.07, 6.45) is 1.40. The summed E-state index contributed by atoms with van der Waals surface area (Å²) in [6, 6.07) is 5.35. The average Bonchev–Trinajstić information content (AvgIpc) is 2.89. The van der Waals surface area contributed by atoms with Crippen molar-refractivity contribution in [3.05, 3.63) is 45.2 Å². The first-order valence-electron chi connectivity index (χ1n) is 8.26. The number of rotatable bonds is 6. The first-order valence-corrected chi connectivity index (χ1v) is 9.55. The molecule has 1 aromatic rings. The first kappa shape index (κ1) is 21.7. The molecule has 0 fully saturated rings. The van der Waals surface area contributed by atoms with Crippen LogP contribution in [0.25, 0.3) is 0 Å². The summed E-state index contributed by atoms with van der Waals surface area (Å²) >= 11 is 17.6.